The van der Waals surface area contributed by atoms with Crippen molar-refractivity contribution in [2.45, 2.75) is 64.6 Å². The molecule has 0 aromatic heterocycles. The SMILES string of the molecule is CC(CN1CCCC1)CN1C(=O)C(C)NC1C1CCCC1. The van der Waals surface area contributed by atoms with Gasteiger partial charge in [-0.05, 0) is 57.5 Å². The number of hydrogen-bond acceptors (Lipinski definition) is 3. The molecule has 3 fully saturated rings. The van der Waals surface area contributed by atoms with Crippen molar-refractivity contribution in [3.05, 3.63) is 0 Å². The first-order chi connectivity index (χ1) is 10.1. The Labute approximate surface area is 129 Å². The van der Waals surface area contributed by atoms with Crippen molar-refractivity contribution in [1.82, 2.24) is 15.1 Å². The fourth-order valence-corrected chi connectivity index (χ4v) is 4.47. The van der Waals surface area contributed by atoms with E-state index in [0.29, 0.717) is 23.9 Å². The van der Waals surface area contributed by atoms with Crippen LogP contribution in [0.1, 0.15) is 52.4 Å². The van der Waals surface area contributed by atoms with Gasteiger partial charge in [-0.1, -0.05) is 19.8 Å². The first kappa shape index (κ1) is 15.3. The van der Waals surface area contributed by atoms with Crippen molar-refractivity contribution in [2.75, 3.05) is 26.2 Å². The van der Waals surface area contributed by atoms with Crippen LogP contribution in [0.5, 0.6) is 0 Å². The van der Waals surface area contributed by atoms with Crippen LogP contribution in [0, 0.1) is 11.8 Å². The molecule has 0 spiro atoms. The molecule has 3 unspecified atom stereocenters. The standard InChI is InChI=1S/C17H31N3O/c1-13(11-19-9-5-6-10-19)12-20-16(15-7-3-4-8-15)18-14(2)17(20)21/h13-16,18H,3-12H2,1-2H3. The van der Waals surface area contributed by atoms with Gasteiger partial charge >= 0.3 is 0 Å². The topological polar surface area (TPSA) is 35.6 Å². The van der Waals surface area contributed by atoms with E-state index in [4.69, 9.17) is 0 Å². The molecule has 4 nitrogen and oxygen atoms in total. The lowest BCUT2D eigenvalue weighted by molar-refractivity contribution is -0.131. The zero-order valence-corrected chi connectivity index (χ0v) is 13.7. The minimum atomic E-state index is 0.00888. The molecule has 3 atom stereocenters. The summed E-state index contributed by atoms with van der Waals surface area (Å²) in [5.41, 5.74) is 0. The summed E-state index contributed by atoms with van der Waals surface area (Å²) in [5, 5.41) is 3.56. The molecule has 0 aromatic rings. The van der Waals surface area contributed by atoms with Gasteiger partial charge in [-0.3, -0.25) is 10.1 Å². The lowest BCUT2D eigenvalue weighted by atomic mass is 10.0. The van der Waals surface area contributed by atoms with Gasteiger partial charge in [0.2, 0.25) is 5.91 Å². The minimum Gasteiger partial charge on any atom is -0.325 e. The van der Waals surface area contributed by atoms with E-state index in [9.17, 15) is 4.79 Å². The molecule has 1 aliphatic carbocycles. The van der Waals surface area contributed by atoms with Crippen molar-refractivity contribution in [1.29, 1.82) is 0 Å². The van der Waals surface area contributed by atoms with Gasteiger partial charge in [0.1, 0.15) is 0 Å². The number of rotatable bonds is 5. The van der Waals surface area contributed by atoms with E-state index < -0.39 is 0 Å². The summed E-state index contributed by atoms with van der Waals surface area (Å²) >= 11 is 0. The lowest BCUT2D eigenvalue weighted by Gasteiger charge is -2.32. The van der Waals surface area contributed by atoms with Crippen LogP contribution < -0.4 is 5.32 Å². The summed E-state index contributed by atoms with van der Waals surface area (Å²) in [7, 11) is 0. The third-order valence-corrected chi connectivity index (χ3v) is 5.53. The average molecular weight is 293 g/mol. The smallest absolute Gasteiger partial charge is 0.240 e. The predicted molar refractivity (Wildman–Crippen MR) is 84.9 cm³/mol. The molecule has 0 aromatic carbocycles. The summed E-state index contributed by atoms with van der Waals surface area (Å²) < 4.78 is 0. The van der Waals surface area contributed by atoms with E-state index >= 15 is 0 Å². The molecular weight excluding hydrogens is 262 g/mol. The molecule has 2 aliphatic heterocycles. The molecular formula is C17H31N3O. The van der Waals surface area contributed by atoms with E-state index in [0.717, 1.165) is 13.1 Å². The van der Waals surface area contributed by atoms with Gasteiger partial charge in [0.25, 0.3) is 0 Å². The molecule has 21 heavy (non-hydrogen) atoms. The number of carbonyl (C=O) groups is 1. The fourth-order valence-electron chi connectivity index (χ4n) is 4.47. The highest BCUT2D eigenvalue weighted by Crippen LogP contribution is 2.32. The molecule has 3 aliphatic rings. The van der Waals surface area contributed by atoms with Gasteiger partial charge < -0.3 is 9.80 Å². The normalized spacial score (nSPS) is 33.2. The van der Waals surface area contributed by atoms with Crippen molar-refractivity contribution < 1.29 is 4.79 Å². The summed E-state index contributed by atoms with van der Waals surface area (Å²) in [6.45, 7) is 8.90. The Morgan fingerprint density at radius 2 is 1.81 bits per heavy atom. The minimum absolute atomic E-state index is 0.00888. The van der Waals surface area contributed by atoms with Crippen LogP contribution in [-0.4, -0.2) is 54.1 Å². The van der Waals surface area contributed by atoms with Crippen LogP contribution in [0.15, 0.2) is 0 Å². The number of amides is 1. The number of nitrogens with zero attached hydrogens (tertiary/aromatic N) is 2. The van der Waals surface area contributed by atoms with Crippen molar-refractivity contribution in [3.8, 4) is 0 Å². The van der Waals surface area contributed by atoms with Crippen LogP contribution in [0.25, 0.3) is 0 Å². The van der Waals surface area contributed by atoms with Crippen LogP contribution >= 0.6 is 0 Å². The number of likely N-dealkylation sites (tertiary alicyclic amines) is 1. The molecule has 1 N–H and O–H groups in total. The van der Waals surface area contributed by atoms with Crippen molar-refractivity contribution in [3.63, 3.8) is 0 Å². The molecule has 3 rings (SSSR count). The monoisotopic (exact) mass is 293 g/mol. The van der Waals surface area contributed by atoms with Crippen LogP contribution in [0.4, 0.5) is 0 Å². The first-order valence-electron chi connectivity index (χ1n) is 8.94. The molecule has 0 bridgehead atoms. The van der Waals surface area contributed by atoms with Gasteiger partial charge in [-0.2, -0.15) is 0 Å². The van der Waals surface area contributed by atoms with E-state index in [2.05, 4.69) is 22.0 Å². The maximum absolute atomic E-state index is 12.5. The Hall–Kier alpha value is -0.610. The summed E-state index contributed by atoms with van der Waals surface area (Å²) in [6.07, 6.45) is 8.24. The Balaban J connectivity index is 1.58. The second-order valence-corrected chi connectivity index (χ2v) is 7.48. The highest BCUT2D eigenvalue weighted by atomic mass is 16.2. The fraction of sp³-hybridized carbons (Fsp3) is 0.941. The molecule has 120 valence electrons. The van der Waals surface area contributed by atoms with E-state index in [1.54, 1.807) is 0 Å². The van der Waals surface area contributed by atoms with Crippen LogP contribution in [-0.2, 0) is 4.79 Å². The second-order valence-electron chi connectivity index (χ2n) is 7.48. The number of carbonyl (C=O) groups excluding carboxylic acids is 1. The second kappa shape index (κ2) is 6.66. The Morgan fingerprint density at radius 1 is 1.14 bits per heavy atom. The molecule has 4 heteroatoms. The van der Waals surface area contributed by atoms with E-state index in [1.165, 1.54) is 51.6 Å². The molecule has 1 amide bonds. The van der Waals surface area contributed by atoms with E-state index in [-0.39, 0.29) is 6.04 Å². The highest BCUT2D eigenvalue weighted by Gasteiger charge is 2.41. The third kappa shape index (κ3) is 3.42. The first-order valence-corrected chi connectivity index (χ1v) is 8.94. The van der Waals surface area contributed by atoms with Crippen molar-refractivity contribution in [2.24, 2.45) is 11.8 Å². The van der Waals surface area contributed by atoms with Gasteiger partial charge in [-0.25, -0.2) is 0 Å². The third-order valence-electron chi connectivity index (χ3n) is 5.53. The summed E-state index contributed by atoms with van der Waals surface area (Å²) in [6, 6.07) is 0.00888. The van der Waals surface area contributed by atoms with Gasteiger partial charge in [0.05, 0.1) is 12.2 Å². The zero-order valence-electron chi connectivity index (χ0n) is 13.7. The molecule has 0 radical (unpaired) electrons. The van der Waals surface area contributed by atoms with Gasteiger partial charge in [0.15, 0.2) is 0 Å². The maximum atomic E-state index is 12.5. The largest absolute Gasteiger partial charge is 0.325 e. The zero-order chi connectivity index (χ0) is 14.8. The van der Waals surface area contributed by atoms with Crippen LogP contribution in [0.3, 0.4) is 0 Å². The molecule has 2 heterocycles. The van der Waals surface area contributed by atoms with Gasteiger partial charge in [-0.15, -0.1) is 0 Å². The summed E-state index contributed by atoms with van der Waals surface area (Å²) in [5.74, 6) is 1.57. The van der Waals surface area contributed by atoms with Crippen molar-refractivity contribution >= 4 is 5.91 Å². The molecule has 2 saturated heterocycles. The van der Waals surface area contributed by atoms with E-state index in [1.807, 2.05) is 6.92 Å². The Bertz CT molecular complexity index is 361. The Morgan fingerprint density at radius 3 is 2.48 bits per heavy atom. The quantitative estimate of drug-likeness (QED) is 0.843. The maximum Gasteiger partial charge on any atom is 0.240 e. The predicted octanol–water partition coefficient (Wildman–Crippen LogP) is 2.05. The number of hydrogen-bond donors (Lipinski definition) is 1. The lowest BCUT2D eigenvalue weighted by Crippen LogP contribution is -2.45. The van der Waals surface area contributed by atoms with Gasteiger partial charge in [0, 0.05) is 13.1 Å². The number of nitrogens with one attached hydrogen (secondary N) is 1. The van der Waals surface area contributed by atoms with Crippen LogP contribution in [0.2, 0.25) is 0 Å². The highest BCUT2D eigenvalue weighted by molar-refractivity contribution is 5.84. The average Bonchev–Trinajstić information content (AvgIpc) is 3.17. The Kier molecular flexibility index (Phi) is 4.85. The molecule has 1 saturated carbocycles. The summed E-state index contributed by atoms with van der Waals surface area (Å²) in [4.78, 5) is 17.2.